The molecule has 0 unspecified atom stereocenters. The van der Waals surface area contributed by atoms with Crippen molar-refractivity contribution in [1.82, 2.24) is 4.57 Å². The molecule has 2 amide bonds. The summed E-state index contributed by atoms with van der Waals surface area (Å²) in [6, 6.07) is 6.61. The molecule has 150 valence electrons. The van der Waals surface area contributed by atoms with Crippen molar-refractivity contribution >= 4 is 34.8 Å². The van der Waals surface area contributed by atoms with Gasteiger partial charge in [-0.15, -0.1) is 0 Å². The SMILES string of the molecule is CCn1c(C)cc(C)c(C(=O)Nc2ccc(NC(=O)C(C)(C)C)c(Cl)c2)c1=O. The van der Waals surface area contributed by atoms with E-state index in [0.717, 1.165) is 5.69 Å². The standard InChI is InChI=1S/C21H26ClN3O3/c1-7-25-13(3)10-12(2)17(19(25)27)18(26)23-14-8-9-16(15(22)11-14)24-20(28)21(4,5)6/h8-11H,7H2,1-6H3,(H,23,26)(H,24,28). The predicted molar refractivity (Wildman–Crippen MR) is 113 cm³/mol. The first-order valence-electron chi connectivity index (χ1n) is 9.09. The summed E-state index contributed by atoms with van der Waals surface area (Å²) in [5, 5.41) is 5.77. The van der Waals surface area contributed by atoms with Crippen LogP contribution in [0, 0.1) is 19.3 Å². The number of hydrogen-bond acceptors (Lipinski definition) is 3. The third-order valence-electron chi connectivity index (χ3n) is 4.40. The van der Waals surface area contributed by atoms with Crippen LogP contribution in [0.1, 0.15) is 49.3 Å². The molecule has 0 aliphatic rings. The highest BCUT2D eigenvalue weighted by Gasteiger charge is 2.22. The van der Waals surface area contributed by atoms with Crippen LogP contribution >= 0.6 is 11.6 Å². The van der Waals surface area contributed by atoms with Gasteiger partial charge in [0.1, 0.15) is 5.56 Å². The molecule has 2 N–H and O–H groups in total. The Balaban J connectivity index is 2.28. The highest BCUT2D eigenvalue weighted by atomic mass is 35.5. The van der Waals surface area contributed by atoms with Gasteiger partial charge in [-0.1, -0.05) is 32.4 Å². The molecular weight excluding hydrogens is 378 g/mol. The second-order valence-corrected chi connectivity index (χ2v) is 8.15. The van der Waals surface area contributed by atoms with Gasteiger partial charge in [0, 0.05) is 23.3 Å². The van der Waals surface area contributed by atoms with Crippen LogP contribution in [-0.4, -0.2) is 16.4 Å². The van der Waals surface area contributed by atoms with Crippen LogP contribution in [-0.2, 0) is 11.3 Å². The zero-order valence-corrected chi connectivity index (χ0v) is 17.8. The number of pyridine rings is 1. The molecule has 1 aromatic carbocycles. The minimum Gasteiger partial charge on any atom is -0.324 e. The van der Waals surface area contributed by atoms with Crippen LogP contribution in [0.4, 0.5) is 11.4 Å². The lowest BCUT2D eigenvalue weighted by molar-refractivity contribution is -0.123. The monoisotopic (exact) mass is 403 g/mol. The molecule has 2 rings (SSSR count). The Labute approximate surface area is 169 Å². The molecule has 0 spiro atoms. The van der Waals surface area contributed by atoms with E-state index in [1.807, 2.05) is 19.9 Å². The van der Waals surface area contributed by atoms with Gasteiger partial charge in [0.25, 0.3) is 11.5 Å². The van der Waals surface area contributed by atoms with Crippen LogP contribution in [0.2, 0.25) is 5.02 Å². The molecule has 0 bridgehead atoms. The Morgan fingerprint density at radius 2 is 1.75 bits per heavy atom. The summed E-state index contributed by atoms with van der Waals surface area (Å²) in [6.45, 7) is 11.3. The molecular formula is C21H26ClN3O3. The van der Waals surface area contributed by atoms with Gasteiger partial charge >= 0.3 is 0 Å². The van der Waals surface area contributed by atoms with Crippen molar-refractivity contribution in [3.8, 4) is 0 Å². The average Bonchev–Trinajstić information content (AvgIpc) is 2.56. The second-order valence-electron chi connectivity index (χ2n) is 7.75. The zero-order valence-electron chi connectivity index (χ0n) is 17.1. The van der Waals surface area contributed by atoms with E-state index in [4.69, 9.17) is 11.6 Å². The van der Waals surface area contributed by atoms with Gasteiger partial charge < -0.3 is 15.2 Å². The zero-order chi connectivity index (χ0) is 21.2. The number of anilines is 2. The number of nitrogens with one attached hydrogen (secondary N) is 2. The first-order valence-corrected chi connectivity index (χ1v) is 9.47. The van der Waals surface area contributed by atoms with E-state index in [1.54, 1.807) is 50.5 Å². The van der Waals surface area contributed by atoms with Crippen molar-refractivity contribution < 1.29 is 9.59 Å². The lowest BCUT2D eigenvalue weighted by atomic mass is 9.95. The maximum absolute atomic E-state index is 12.7. The molecule has 7 heteroatoms. The molecule has 0 radical (unpaired) electrons. The number of carbonyl (C=O) groups excluding carboxylic acids is 2. The lowest BCUT2D eigenvalue weighted by Crippen LogP contribution is -2.31. The van der Waals surface area contributed by atoms with E-state index in [0.29, 0.717) is 28.5 Å². The molecule has 0 aliphatic carbocycles. The Hall–Kier alpha value is -2.60. The number of amides is 2. The van der Waals surface area contributed by atoms with Crippen LogP contribution in [0.15, 0.2) is 29.1 Å². The largest absolute Gasteiger partial charge is 0.324 e. The fourth-order valence-corrected chi connectivity index (χ4v) is 3.02. The maximum atomic E-state index is 12.7. The second kappa shape index (κ2) is 8.19. The topological polar surface area (TPSA) is 80.2 Å². The van der Waals surface area contributed by atoms with E-state index in [-0.39, 0.29) is 17.0 Å². The first kappa shape index (κ1) is 21.7. The van der Waals surface area contributed by atoms with Gasteiger partial charge in [0.15, 0.2) is 0 Å². The number of halogens is 1. The van der Waals surface area contributed by atoms with E-state index in [9.17, 15) is 14.4 Å². The average molecular weight is 404 g/mol. The van der Waals surface area contributed by atoms with Crippen LogP contribution in [0.3, 0.4) is 0 Å². The normalized spacial score (nSPS) is 11.2. The van der Waals surface area contributed by atoms with Gasteiger partial charge in [0.05, 0.1) is 10.7 Å². The number of benzene rings is 1. The molecule has 0 aliphatic heterocycles. The van der Waals surface area contributed by atoms with Crippen molar-refractivity contribution in [2.75, 3.05) is 10.6 Å². The van der Waals surface area contributed by atoms with Gasteiger partial charge in [-0.05, 0) is 50.6 Å². The molecule has 0 fully saturated rings. The van der Waals surface area contributed by atoms with Crippen LogP contribution in [0.25, 0.3) is 0 Å². The van der Waals surface area contributed by atoms with Gasteiger partial charge in [-0.2, -0.15) is 0 Å². The third kappa shape index (κ3) is 4.62. The minimum absolute atomic E-state index is 0.105. The molecule has 0 saturated heterocycles. The third-order valence-corrected chi connectivity index (χ3v) is 4.72. The summed E-state index contributed by atoms with van der Waals surface area (Å²) in [7, 11) is 0. The number of aryl methyl sites for hydroxylation is 2. The van der Waals surface area contributed by atoms with E-state index < -0.39 is 11.3 Å². The van der Waals surface area contributed by atoms with Gasteiger partial charge in [-0.3, -0.25) is 14.4 Å². The fourth-order valence-electron chi connectivity index (χ4n) is 2.79. The van der Waals surface area contributed by atoms with Crippen molar-refractivity contribution in [2.45, 2.75) is 48.1 Å². The van der Waals surface area contributed by atoms with Crippen LogP contribution in [0.5, 0.6) is 0 Å². The summed E-state index contributed by atoms with van der Waals surface area (Å²) >= 11 is 6.25. The minimum atomic E-state index is -0.557. The number of carbonyl (C=O) groups is 2. The quantitative estimate of drug-likeness (QED) is 0.795. The molecule has 28 heavy (non-hydrogen) atoms. The molecule has 2 aromatic rings. The first-order chi connectivity index (χ1) is 13.0. The van der Waals surface area contributed by atoms with E-state index in [1.165, 1.54) is 0 Å². The van der Waals surface area contributed by atoms with Gasteiger partial charge in [0.2, 0.25) is 5.91 Å². The van der Waals surface area contributed by atoms with E-state index in [2.05, 4.69) is 10.6 Å². The Bertz CT molecular complexity index is 988. The summed E-state index contributed by atoms with van der Waals surface area (Å²) in [5.74, 6) is -0.658. The van der Waals surface area contributed by atoms with Crippen molar-refractivity contribution in [3.05, 3.63) is 56.5 Å². The molecule has 0 saturated carbocycles. The number of hydrogen-bond donors (Lipinski definition) is 2. The predicted octanol–water partition coefficient (Wildman–Crippen LogP) is 4.38. The summed E-state index contributed by atoms with van der Waals surface area (Å²) < 4.78 is 1.56. The van der Waals surface area contributed by atoms with Crippen molar-refractivity contribution in [2.24, 2.45) is 5.41 Å². The smallest absolute Gasteiger partial charge is 0.263 e. The maximum Gasteiger partial charge on any atom is 0.263 e. The lowest BCUT2D eigenvalue weighted by Gasteiger charge is -2.18. The summed E-state index contributed by atoms with van der Waals surface area (Å²) in [6.07, 6.45) is 0. The van der Waals surface area contributed by atoms with Gasteiger partial charge in [-0.25, -0.2) is 0 Å². The van der Waals surface area contributed by atoms with Crippen molar-refractivity contribution in [1.29, 1.82) is 0 Å². The molecule has 0 atom stereocenters. The Morgan fingerprint density at radius 3 is 2.29 bits per heavy atom. The highest BCUT2D eigenvalue weighted by Crippen LogP contribution is 2.27. The molecule has 6 nitrogen and oxygen atoms in total. The summed E-state index contributed by atoms with van der Waals surface area (Å²) in [4.78, 5) is 37.5. The Kier molecular flexibility index (Phi) is 6.34. The Morgan fingerprint density at radius 1 is 1.11 bits per heavy atom. The summed E-state index contributed by atoms with van der Waals surface area (Å²) in [5.41, 5.74) is 1.55. The van der Waals surface area contributed by atoms with Crippen molar-refractivity contribution in [3.63, 3.8) is 0 Å². The molecule has 1 heterocycles. The fraction of sp³-hybridized carbons (Fsp3) is 0.381. The number of rotatable bonds is 4. The van der Waals surface area contributed by atoms with Crippen LogP contribution < -0.4 is 16.2 Å². The van der Waals surface area contributed by atoms with E-state index >= 15 is 0 Å². The number of aromatic nitrogens is 1. The molecule has 1 aromatic heterocycles. The highest BCUT2D eigenvalue weighted by molar-refractivity contribution is 6.34. The number of nitrogens with zero attached hydrogens (tertiary/aromatic N) is 1.